The van der Waals surface area contributed by atoms with Crippen LogP contribution in [0.5, 0.6) is 5.75 Å². The molecular formula is C13H15FN2O5. The zero-order chi connectivity index (χ0) is 15.6. The van der Waals surface area contributed by atoms with Crippen LogP contribution in [0.1, 0.15) is 6.42 Å². The number of methoxy groups -OCH3 is 1. The van der Waals surface area contributed by atoms with E-state index in [4.69, 9.17) is 9.84 Å². The van der Waals surface area contributed by atoms with E-state index in [-0.39, 0.29) is 24.4 Å². The summed E-state index contributed by atoms with van der Waals surface area (Å²) in [5, 5.41) is 20.9. The summed E-state index contributed by atoms with van der Waals surface area (Å²) < 4.78 is 18.3. The fourth-order valence-electron chi connectivity index (χ4n) is 2.21. The van der Waals surface area contributed by atoms with Gasteiger partial charge in [-0.3, -0.25) is 0 Å². The number of urea groups is 1. The van der Waals surface area contributed by atoms with Crippen LogP contribution in [0, 0.1) is 5.82 Å². The Bertz CT molecular complexity index is 565. The van der Waals surface area contributed by atoms with Crippen LogP contribution in [0.4, 0.5) is 14.9 Å². The molecule has 0 bridgehead atoms. The van der Waals surface area contributed by atoms with Crippen LogP contribution >= 0.6 is 0 Å². The first kappa shape index (κ1) is 15.0. The Morgan fingerprint density at radius 3 is 2.76 bits per heavy atom. The predicted octanol–water partition coefficient (Wildman–Crippen LogP) is 0.886. The second-order valence-electron chi connectivity index (χ2n) is 4.68. The van der Waals surface area contributed by atoms with E-state index in [1.807, 2.05) is 0 Å². The highest BCUT2D eigenvalue weighted by molar-refractivity contribution is 5.92. The number of ether oxygens (including phenoxy) is 1. The minimum absolute atomic E-state index is 0.0280. The molecule has 2 atom stereocenters. The van der Waals surface area contributed by atoms with Crippen molar-refractivity contribution < 1.29 is 28.9 Å². The zero-order valence-corrected chi connectivity index (χ0v) is 11.2. The van der Waals surface area contributed by atoms with Crippen molar-refractivity contribution in [1.29, 1.82) is 0 Å². The highest BCUT2D eigenvalue weighted by atomic mass is 19.1. The summed E-state index contributed by atoms with van der Waals surface area (Å²) in [7, 11) is 1.32. The van der Waals surface area contributed by atoms with Gasteiger partial charge in [-0.15, -0.1) is 0 Å². The van der Waals surface area contributed by atoms with Crippen molar-refractivity contribution in [3.05, 3.63) is 24.0 Å². The highest BCUT2D eigenvalue weighted by Gasteiger charge is 2.39. The van der Waals surface area contributed by atoms with Gasteiger partial charge in [-0.05, 0) is 12.1 Å². The maximum atomic E-state index is 13.5. The molecule has 1 saturated heterocycles. The van der Waals surface area contributed by atoms with E-state index in [0.29, 0.717) is 0 Å². The van der Waals surface area contributed by atoms with Gasteiger partial charge in [0.1, 0.15) is 6.04 Å². The molecule has 0 radical (unpaired) electrons. The normalized spacial score (nSPS) is 21.2. The fraction of sp³-hybridized carbons (Fsp3) is 0.385. The van der Waals surface area contributed by atoms with Crippen LogP contribution in [0.3, 0.4) is 0 Å². The van der Waals surface area contributed by atoms with Crippen molar-refractivity contribution in [3.8, 4) is 5.75 Å². The SMILES string of the molecule is COc1ccc(NC(=O)N2CC(O)C[C@H]2C(=O)O)cc1F. The molecule has 1 aromatic rings. The molecule has 1 fully saturated rings. The third-order valence-corrected chi connectivity index (χ3v) is 3.23. The summed E-state index contributed by atoms with van der Waals surface area (Å²) in [4.78, 5) is 24.1. The molecule has 2 amide bonds. The van der Waals surface area contributed by atoms with Crippen LogP contribution in [0.2, 0.25) is 0 Å². The average Bonchev–Trinajstić information content (AvgIpc) is 2.81. The third kappa shape index (κ3) is 3.22. The molecule has 0 aliphatic carbocycles. The molecule has 1 unspecified atom stereocenters. The number of halogens is 1. The monoisotopic (exact) mass is 298 g/mol. The molecule has 0 aromatic heterocycles. The molecule has 0 spiro atoms. The molecule has 1 aliphatic rings. The molecule has 1 aliphatic heterocycles. The van der Waals surface area contributed by atoms with Crippen molar-refractivity contribution >= 4 is 17.7 Å². The van der Waals surface area contributed by atoms with Crippen LogP contribution in [-0.4, -0.2) is 52.9 Å². The molecule has 3 N–H and O–H groups in total. The number of β-amino-alcohol motifs (C(OH)–C–C–N with tert-alkyl or cyclic N) is 1. The van der Waals surface area contributed by atoms with Crippen molar-refractivity contribution in [1.82, 2.24) is 4.90 Å². The number of carbonyl (C=O) groups excluding carboxylic acids is 1. The topological polar surface area (TPSA) is 99.1 Å². The van der Waals surface area contributed by atoms with Gasteiger partial charge in [-0.2, -0.15) is 0 Å². The van der Waals surface area contributed by atoms with Gasteiger partial charge in [0.25, 0.3) is 0 Å². The first-order valence-corrected chi connectivity index (χ1v) is 6.24. The van der Waals surface area contributed by atoms with E-state index in [1.54, 1.807) is 0 Å². The number of amides is 2. The van der Waals surface area contributed by atoms with Crippen LogP contribution in [0.25, 0.3) is 0 Å². The quantitative estimate of drug-likeness (QED) is 0.769. The maximum absolute atomic E-state index is 13.5. The standard InChI is InChI=1S/C13H15FN2O5/c1-21-11-3-2-7(4-9(11)14)15-13(20)16-6-8(17)5-10(16)12(18)19/h2-4,8,10,17H,5-6H2,1H3,(H,15,20)(H,18,19)/t8?,10-/m0/s1. The van der Waals surface area contributed by atoms with Crippen molar-refractivity contribution in [3.63, 3.8) is 0 Å². The number of likely N-dealkylation sites (tertiary alicyclic amines) is 1. The molecule has 0 saturated carbocycles. The van der Waals surface area contributed by atoms with Gasteiger partial charge in [0, 0.05) is 24.7 Å². The Balaban J connectivity index is 2.10. The zero-order valence-electron chi connectivity index (χ0n) is 11.2. The Morgan fingerprint density at radius 2 is 2.19 bits per heavy atom. The second kappa shape index (κ2) is 5.96. The highest BCUT2D eigenvalue weighted by Crippen LogP contribution is 2.23. The summed E-state index contributed by atoms with van der Waals surface area (Å²) >= 11 is 0. The molecule has 7 nitrogen and oxygen atoms in total. The first-order valence-electron chi connectivity index (χ1n) is 6.24. The van der Waals surface area contributed by atoms with Gasteiger partial charge >= 0.3 is 12.0 Å². The molecule has 21 heavy (non-hydrogen) atoms. The Hall–Kier alpha value is -2.35. The Labute approximate surface area is 119 Å². The number of nitrogens with one attached hydrogen (secondary N) is 1. The summed E-state index contributed by atoms with van der Waals surface area (Å²) in [6.45, 7) is -0.0819. The van der Waals surface area contributed by atoms with Gasteiger partial charge in [-0.1, -0.05) is 0 Å². The fourth-order valence-corrected chi connectivity index (χ4v) is 2.21. The van der Waals surface area contributed by atoms with Crippen LogP contribution in [-0.2, 0) is 4.79 Å². The summed E-state index contributed by atoms with van der Waals surface area (Å²) in [6, 6.07) is 2.05. The Kier molecular flexibility index (Phi) is 4.27. The number of carboxylic acids is 1. The number of aliphatic hydroxyl groups excluding tert-OH is 1. The van der Waals surface area contributed by atoms with Gasteiger partial charge in [-0.25, -0.2) is 14.0 Å². The molecule has 1 aromatic carbocycles. The lowest BCUT2D eigenvalue weighted by molar-refractivity contribution is -0.141. The average molecular weight is 298 g/mol. The predicted molar refractivity (Wildman–Crippen MR) is 70.7 cm³/mol. The second-order valence-corrected chi connectivity index (χ2v) is 4.68. The lowest BCUT2D eigenvalue weighted by atomic mass is 10.2. The van der Waals surface area contributed by atoms with Crippen LogP contribution < -0.4 is 10.1 Å². The number of hydrogen-bond donors (Lipinski definition) is 3. The van der Waals surface area contributed by atoms with E-state index in [0.717, 1.165) is 11.0 Å². The number of anilines is 1. The summed E-state index contributed by atoms with van der Waals surface area (Å²) in [5.74, 6) is -1.80. The maximum Gasteiger partial charge on any atom is 0.326 e. The van der Waals surface area contributed by atoms with Gasteiger partial charge in [0.2, 0.25) is 0 Å². The number of carboxylic acid groups (broad SMARTS) is 1. The number of aliphatic hydroxyl groups is 1. The molecule has 114 valence electrons. The Morgan fingerprint density at radius 1 is 1.48 bits per heavy atom. The van der Waals surface area contributed by atoms with E-state index in [2.05, 4.69) is 5.32 Å². The van der Waals surface area contributed by atoms with E-state index in [1.165, 1.54) is 19.2 Å². The largest absolute Gasteiger partial charge is 0.494 e. The number of nitrogens with zero attached hydrogens (tertiary/aromatic N) is 1. The van der Waals surface area contributed by atoms with Gasteiger partial charge in [0.05, 0.1) is 13.2 Å². The van der Waals surface area contributed by atoms with E-state index < -0.39 is 30.0 Å². The number of hydrogen-bond acceptors (Lipinski definition) is 4. The van der Waals surface area contributed by atoms with Crippen molar-refractivity contribution in [2.24, 2.45) is 0 Å². The molecule has 2 rings (SSSR count). The lowest BCUT2D eigenvalue weighted by Gasteiger charge is -2.21. The number of carbonyl (C=O) groups is 2. The minimum atomic E-state index is -1.19. The molecule has 8 heteroatoms. The smallest absolute Gasteiger partial charge is 0.326 e. The van der Waals surface area contributed by atoms with E-state index >= 15 is 0 Å². The molecule has 1 heterocycles. The number of rotatable bonds is 3. The first-order chi connectivity index (χ1) is 9.92. The molecular weight excluding hydrogens is 283 g/mol. The third-order valence-electron chi connectivity index (χ3n) is 3.23. The van der Waals surface area contributed by atoms with Gasteiger partial charge < -0.3 is 25.2 Å². The van der Waals surface area contributed by atoms with Crippen molar-refractivity contribution in [2.75, 3.05) is 19.0 Å². The summed E-state index contributed by atoms with van der Waals surface area (Å²) in [6.07, 6.45) is -0.913. The van der Waals surface area contributed by atoms with E-state index in [9.17, 15) is 19.1 Å². The van der Waals surface area contributed by atoms with Crippen molar-refractivity contribution in [2.45, 2.75) is 18.6 Å². The summed E-state index contributed by atoms with van der Waals surface area (Å²) in [5.41, 5.74) is 0.170. The number of benzene rings is 1. The minimum Gasteiger partial charge on any atom is -0.494 e. The number of aliphatic carboxylic acids is 1. The van der Waals surface area contributed by atoms with Crippen LogP contribution in [0.15, 0.2) is 18.2 Å². The van der Waals surface area contributed by atoms with Gasteiger partial charge in [0.15, 0.2) is 11.6 Å². The lowest BCUT2D eigenvalue weighted by Crippen LogP contribution is -2.43.